The van der Waals surface area contributed by atoms with Gasteiger partial charge in [0.1, 0.15) is 42.3 Å². The van der Waals surface area contributed by atoms with Crippen LogP contribution in [-0.2, 0) is 23.1 Å². The lowest BCUT2D eigenvalue weighted by Crippen LogP contribution is -2.31. The minimum atomic E-state index is -3.98. The number of hydrogen-bond acceptors (Lipinski definition) is 15. The number of unbranched alkanes of at least 4 members (excludes halogenated alkanes) is 1. The van der Waals surface area contributed by atoms with Crippen LogP contribution in [0.25, 0.3) is 11.2 Å². The minimum absolute atomic E-state index is 0.0631. The van der Waals surface area contributed by atoms with Crippen molar-refractivity contribution in [2.75, 3.05) is 37.8 Å². The quantitative estimate of drug-likeness (QED) is 0.100. The number of aromatic nitrogens is 6. The third-order valence-electron chi connectivity index (χ3n) is 7.02. The maximum atomic E-state index is 13.7. The van der Waals surface area contributed by atoms with E-state index >= 15 is 0 Å². The van der Waals surface area contributed by atoms with Crippen molar-refractivity contribution < 1.29 is 33.3 Å². The van der Waals surface area contributed by atoms with E-state index in [1.54, 1.807) is 4.57 Å². The van der Waals surface area contributed by atoms with Gasteiger partial charge in [0, 0.05) is 25.6 Å². The molecule has 0 aromatic carbocycles. The van der Waals surface area contributed by atoms with E-state index in [1.807, 2.05) is 0 Å². The molecule has 5 rings (SSSR count). The molecule has 2 aliphatic rings. The van der Waals surface area contributed by atoms with E-state index in [0.29, 0.717) is 30.6 Å². The molecule has 2 saturated heterocycles. The largest absolute Gasteiger partial charge is 0.405 e. The summed E-state index contributed by atoms with van der Waals surface area (Å²) in [6.07, 6.45) is 0.617. The Bertz CT molecular complexity index is 1470. The number of rotatable bonds is 13. The summed E-state index contributed by atoms with van der Waals surface area (Å²) in [5.74, 6) is 0.282. The number of nitrogens with zero attached hydrogens (tertiary/aromatic N) is 6. The second-order valence-electron chi connectivity index (χ2n) is 9.98. The third kappa shape index (κ3) is 6.77. The maximum Gasteiger partial charge on any atom is 0.405 e. The molecule has 2 fully saturated rings. The average Bonchev–Trinajstić information content (AvgIpc) is 3.66. The monoisotopic (exact) mass is 610 g/mol. The van der Waals surface area contributed by atoms with Gasteiger partial charge in [-0.2, -0.15) is 4.98 Å². The Kier molecular flexibility index (Phi) is 9.46. The van der Waals surface area contributed by atoms with Crippen molar-refractivity contribution in [2.24, 2.45) is 5.73 Å². The fraction of sp³-hybridized carbons (Fsp3) is 0.609. The molecule has 230 valence electrons. The number of ether oxygens (including phenoxy) is 2. The van der Waals surface area contributed by atoms with E-state index in [-0.39, 0.29) is 44.2 Å². The minimum Gasteiger partial charge on any atom is -0.390 e. The van der Waals surface area contributed by atoms with Crippen molar-refractivity contribution in [3.05, 3.63) is 35.4 Å². The molecule has 7 atom stereocenters. The van der Waals surface area contributed by atoms with Gasteiger partial charge in [0.25, 0.3) is 0 Å². The van der Waals surface area contributed by atoms with Crippen LogP contribution in [0, 0.1) is 0 Å². The topological polar surface area (TPSA) is 263 Å². The first-order chi connectivity index (χ1) is 20.2. The van der Waals surface area contributed by atoms with Crippen molar-refractivity contribution in [3.8, 4) is 0 Å². The Hall–Kier alpha value is -3.06. The first-order valence-corrected chi connectivity index (χ1v) is 15.0. The molecular weight excluding hydrogens is 575 g/mol. The fourth-order valence-electron chi connectivity index (χ4n) is 4.75. The lowest BCUT2D eigenvalue weighted by atomic mass is 10.2. The fourth-order valence-corrected chi connectivity index (χ4v) is 6.13. The zero-order valence-corrected chi connectivity index (χ0v) is 23.5. The second kappa shape index (κ2) is 13.1. The number of aliphatic hydroxyl groups is 2. The number of anilines is 2. The summed E-state index contributed by atoms with van der Waals surface area (Å²) in [5.41, 5.74) is 17.2. The van der Waals surface area contributed by atoms with Crippen molar-refractivity contribution in [3.63, 3.8) is 0 Å². The van der Waals surface area contributed by atoms with Crippen LogP contribution < -0.4 is 28.0 Å². The van der Waals surface area contributed by atoms with Gasteiger partial charge in [-0.25, -0.2) is 29.4 Å². The Morgan fingerprint density at radius 3 is 2.33 bits per heavy atom. The Labute approximate surface area is 239 Å². The van der Waals surface area contributed by atoms with Crippen molar-refractivity contribution >= 4 is 30.5 Å². The normalized spacial score (nSPS) is 27.5. The predicted molar refractivity (Wildman–Crippen MR) is 148 cm³/mol. The van der Waals surface area contributed by atoms with Gasteiger partial charge in [0.15, 0.2) is 11.5 Å². The zero-order valence-electron chi connectivity index (χ0n) is 22.6. The van der Waals surface area contributed by atoms with E-state index < -0.39 is 50.3 Å². The number of hydrogen-bond donors (Lipinski definition) is 6. The summed E-state index contributed by atoms with van der Waals surface area (Å²) >= 11 is 0. The highest BCUT2D eigenvalue weighted by Gasteiger charge is 2.40. The van der Waals surface area contributed by atoms with Crippen LogP contribution in [0.15, 0.2) is 29.7 Å². The number of aliphatic hydroxyl groups excluding tert-OH is 2. The summed E-state index contributed by atoms with van der Waals surface area (Å²) in [7, 11) is -3.98. The molecule has 42 heavy (non-hydrogen) atoms. The summed E-state index contributed by atoms with van der Waals surface area (Å²) in [5, 5.41) is 24.0. The number of nitrogen functional groups attached to an aromatic ring is 2. The molecule has 3 aromatic heterocycles. The molecule has 9 N–H and O–H groups in total. The van der Waals surface area contributed by atoms with E-state index in [0.717, 1.165) is 0 Å². The van der Waals surface area contributed by atoms with E-state index in [1.165, 1.54) is 29.5 Å². The highest BCUT2D eigenvalue weighted by atomic mass is 31.2. The van der Waals surface area contributed by atoms with Crippen LogP contribution in [0.3, 0.4) is 0 Å². The predicted octanol–water partition coefficient (Wildman–Crippen LogP) is -0.986. The highest BCUT2D eigenvalue weighted by Crippen LogP contribution is 2.46. The van der Waals surface area contributed by atoms with Gasteiger partial charge in [-0.15, -0.1) is 0 Å². The molecule has 19 heteroatoms. The van der Waals surface area contributed by atoms with E-state index in [9.17, 15) is 19.6 Å². The molecule has 3 aromatic rings. The maximum absolute atomic E-state index is 13.7. The van der Waals surface area contributed by atoms with Gasteiger partial charge in [-0.05, 0) is 25.5 Å². The van der Waals surface area contributed by atoms with Gasteiger partial charge in [0.05, 0.1) is 31.7 Å². The Morgan fingerprint density at radius 1 is 1.02 bits per heavy atom. The van der Waals surface area contributed by atoms with Gasteiger partial charge < -0.3 is 36.9 Å². The molecule has 2 aliphatic heterocycles. The van der Waals surface area contributed by atoms with Crippen LogP contribution in [0.2, 0.25) is 0 Å². The first kappa shape index (κ1) is 30.4. The van der Waals surface area contributed by atoms with Gasteiger partial charge >= 0.3 is 13.4 Å². The Morgan fingerprint density at radius 2 is 1.69 bits per heavy atom. The van der Waals surface area contributed by atoms with Crippen LogP contribution >= 0.6 is 7.75 Å². The summed E-state index contributed by atoms with van der Waals surface area (Å²) < 4.78 is 39.7. The summed E-state index contributed by atoms with van der Waals surface area (Å²) in [4.78, 5) is 28.2. The van der Waals surface area contributed by atoms with Crippen molar-refractivity contribution in [2.45, 2.75) is 62.6 Å². The number of nitrogens with two attached hydrogens (primary N) is 3. The number of fused-ring (bicyclic) bond motifs is 1. The number of imidazole rings is 1. The standard InChI is InChI=1S/C23H35N10O8P/c24-4-1-2-5-30-42(37,38-9-15-13(34)7-18(40-15)32-6-3-17(25)31-23(32)36)39-10-16-14(35)8-19(41-16)33-12-29-20-21(26)27-11-28-22(20)33/h3,6,11-16,18-19,34-35H,1-2,4-5,7-10,24H2,(H,30,37)(H2,25,31,36)(H2,26,27,28). The van der Waals surface area contributed by atoms with Crippen LogP contribution in [0.5, 0.6) is 0 Å². The first-order valence-electron chi connectivity index (χ1n) is 13.5. The molecule has 0 bridgehead atoms. The Balaban J connectivity index is 1.21. The van der Waals surface area contributed by atoms with E-state index in [2.05, 4.69) is 25.0 Å². The molecule has 5 heterocycles. The van der Waals surface area contributed by atoms with Crippen LogP contribution in [-0.4, -0.2) is 90.0 Å². The van der Waals surface area contributed by atoms with Crippen molar-refractivity contribution in [1.82, 2.24) is 34.2 Å². The SMILES string of the molecule is NCCCCNP(=O)(OCC1OC(n2ccc(N)nc2=O)CC1O)OCC1OC(n2cnc3c(N)ncnc32)CC1O. The molecule has 18 nitrogen and oxygen atoms in total. The molecule has 7 unspecified atom stereocenters. The molecular formula is C23H35N10O8P. The molecule has 0 spiro atoms. The van der Waals surface area contributed by atoms with Crippen molar-refractivity contribution in [1.29, 1.82) is 0 Å². The molecule has 0 aliphatic carbocycles. The van der Waals surface area contributed by atoms with Gasteiger partial charge in [0.2, 0.25) is 0 Å². The van der Waals surface area contributed by atoms with Crippen LogP contribution in [0.4, 0.5) is 11.6 Å². The summed E-state index contributed by atoms with van der Waals surface area (Å²) in [6.45, 7) is 0.150. The van der Waals surface area contributed by atoms with Gasteiger partial charge in [-0.1, -0.05) is 0 Å². The average molecular weight is 611 g/mol. The van der Waals surface area contributed by atoms with Crippen LogP contribution in [0.1, 0.15) is 38.1 Å². The zero-order chi connectivity index (χ0) is 29.9. The summed E-state index contributed by atoms with van der Waals surface area (Å²) in [6, 6.07) is 1.44. The number of nitrogens with one attached hydrogen (secondary N) is 1. The van der Waals surface area contributed by atoms with Gasteiger partial charge in [-0.3, -0.25) is 18.2 Å². The lowest BCUT2D eigenvalue weighted by Gasteiger charge is -2.24. The second-order valence-corrected chi connectivity index (χ2v) is 11.8. The smallest absolute Gasteiger partial charge is 0.390 e. The molecule has 0 radical (unpaired) electrons. The third-order valence-corrected chi connectivity index (χ3v) is 8.61. The highest BCUT2D eigenvalue weighted by molar-refractivity contribution is 7.51. The van der Waals surface area contributed by atoms with E-state index in [4.69, 9.17) is 35.7 Å². The molecule has 0 saturated carbocycles. The lowest BCUT2D eigenvalue weighted by molar-refractivity contribution is -0.0526. The molecule has 0 amide bonds.